The second kappa shape index (κ2) is 9.03. The smallest absolute Gasteiger partial charge is 0.331 e. The number of rotatable bonds is 7. The Morgan fingerprint density at radius 1 is 1.16 bits per heavy atom. The third-order valence-electron chi connectivity index (χ3n) is 4.92. The van der Waals surface area contributed by atoms with Gasteiger partial charge in [0.1, 0.15) is 0 Å². The Kier molecular flexibility index (Phi) is 6.19. The fraction of sp³-hybridized carbons (Fsp3) is 0.300. The van der Waals surface area contributed by atoms with Crippen molar-refractivity contribution in [3.63, 3.8) is 0 Å². The van der Waals surface area contributed by atoms with E-state index in [1.165, 1.54) is 4.90 Å². The van der Waals surface area contributed by atoms with Crippen LogP contribution in [0.25, 0.3) is 0 Å². The molecule has 2 aromatic carbocycles. The van der Waals surface area contributed by atoms with Gasteiger partial charge in [-0.3, -0.25) is 10.2 Å². The zero-order valence-electron chi connectivity index (χ0n) is 16.7. The molecule has 0 spiro atoms. The first-order valence-electron chi connectivity index (χ1n) is 9.70. The van der Waals surface area contributed by atoms with Gasteiger partial charge in [-0.05, 0) is 42.8 Å². The van der Waals surface area contributed by atoms with Gasteiger partial charge in [0.25, 0.3) is 0 Å². The highest BCUT2D eigenvalue weighted by atomic mass is 35.5. The minimum atomic E-state index is -0.772. The SMILES string of the molecule is CC1Nc2ccc(NC3NC(=O)N(CCN=O)C(=O)N3Cc3ccc(Cl)cc3)cc2S1. The maximum atomic E-state index is 13.1. The van der Waals surface area contributed by atoms with Crippen molar-refractivity contribution in [2.24, 2.45) is 5.18 Å². The number of benzene rings is 2. The lowest BCUT2D eigenvalue weighted by Crippen LogP contribution is -2.67. The van der Waals surface area contributed by atoms with Crippen LogP contribution < -0.4 is 16.0 Å². The molecule has 1 fully saturated rings. The van der Waals surface area contributed by atoms with Gasteiger partial charge < -0.3 is 10.6 Å². The first-order valence-corrected chi connectivity index (χ1v) is 11.0. The Morgan fingerprint density at radius 3 is 2.68 bits per heavy atom. The number of nitrogens with one attached hydrogen (secondary N) is 3. The predicted octanol–water partition coefficient (Wildman–Crippen LogP) is 4.31. The molecule has 0 radical (unpaired) electrons. The van der Waals surface area contributed by atoms with Crippen LogP contribution in [-0.2, 0) is 6.54 Å². The fourth-order valence-electron chi connectivity index (χ4n) is 3.45. The van der Waals surface area contributed by atoms with Crippen molar-refractivity contribution in [3.8, 4) is 0 Å². The van der Waals surface area contributed by atoms with Gasteiger partial charge in [-0.15, -0.1) is 0 Å². The molecule has 2 atom stereocenters. The van der Waals surface area contributed by atoms with Gasteiger partial charge in [0.15, 0.2) is 6.29 Å². The first kappa shape index (κ1) is 21.3. The number of anilines is 2. The number of nitroso groups, excluding NO2 is 1. The van der Waals surface area contributed by atoms with E-state index in [0.717, 1.165) is 26.7 Å². The highest BCUT2D eigenvalue weighted by Gasteiger charge is 2.38. The Balaban J connectivity index is 1.58. The van der Waals surface area contributed by atoms with Crippen molar-refractivity contribution in [2.75, 3.05) is 23.7 Å². The number of fused-ring (bicyclic) bond motifs is 1. The second-order valence-electron chi connectivity index (χ2n) is 7.15. The summed E-state index contributed by atoms with van der Waals surface area (Å²) in [5, 5.41) is 13.0. The lowest BCUT2D eigenvalue weighted by Gasteiger charge is -2.41. The maximum absolute atomic E-state index is 13.1. The van der Waals surface area contributed by atoms with Crippen LogP contribution in [0.3, 0.4) is 0 Å². The Labute approximate surface area is 188 Å². The fourth-order valence-corrected chi connectivity index (χ4v) is 4.59. The zero-order chi connectivity index (χ0) is 22.0. The molecule has 2 unspecified atom stereocenters. The highest BCUT2D eigenvalue weighted by molar-refractivity contribution is 8.00. The Bertz CT molecular complexity index is 1000. The molecule has 2 aromatic rings. The van der Waals surface area contributed by atoms with E-state index in [-0.39, 0.29) is 25.0 Å². The molecule has 4 amide bonds. The lowest BCUT2D eigenvalue weighted by molar-refractivity contribution is 0.107. The quantitative estimate of drug-likeness (QED) is 0.531. The van der Waals surface area contributed by atoms with E-state index in [0.29, 0.717) is 5.02 Å². The molecule has 0 aliphatic carbocycles. The van der Waals surface area contributed by atoms with Gasteiger partial charge in [-0.1, -0.05) is 40.7 Å². The summed E-state index contributed by atoms with van der Waals surface area (Å²) < 4.78 is 0. The molecule has 2 aliphatic heterocycles. The number of thioether (sulfide) groups is 1. The van der Waals surface area contributed by atoms with Gasteiger partial charge >= 0.3 is 12.1 Å². The van der Waals surface area contributed by atoms with Crippen molar-refractivity contribution < 1.29 is 9.59 Å². The molecule has 0 bridgehead atoms. The van der Waals surface area contributed by atoms with E-state index < -0.39 is 18.4 Å². The van der Waals surface area contributed by atoms with E-state index >= 15 is 0 Å². The van der Waals surface area contributed by atoms with Crippen molar-refractivity contribution in [1.82, 2.24) is 15.1 Å². The van der Waals surface area contributed by atoms with E-state index in [1.807, 2.05) is 30.3 Å². The summed E-state index contributed by atoms with van der Waals surface area (Å²) in [7, 11) is 0. The number of carbonyl (C=O) groups excluding carboxylic acids is 2. The van der Waals surface area contributed by atoms with Crippen LogP contribution in [0.4, 0.5) is 21.0 Å². The van der Waals surface area contributed by atoms with E-state index in [2.05, 4.69) is 28.1 Å². The summed E-state index contributed by atoms with van der Waals surface area (Å²) in [6.45, 7) is 2.06. The van der Waals surface area contributed by atoms with Crippen molar-refractivity contribution in [2.45, 2.75) is 30.0 Å². The molecule has 1 saturated heterocycles. The average Bonchev–Trinajstić information content (AvgIpc) is 3.11. The van der Waals surface area contributed by atoms with Gasteiger partial charge in [0, 0.05) is 21.3 Å². The van der Waals surface area contributed by atoms with Crippen molar-refractivity contribution in [3.05, 3.63) is 58.0 Å². The number of urea groups is 2. The molecule has 0 aromatic heterocycles. The third kappa shape index (κ3) is 4.70. The molecule has 3 N–H and O–H groups in total. The predicted molar refractivity (Wildman–Crippen MR) is 121 cm³/mol. The van der Waals surface area contributed by atoms with Crippen LogP contribution >= 0.6 is 23.4 Å². The third-order valence-corrected chi connectivity index (χ3v) is 6.24. The molecule has 11 heteroatoms. The van der Waals surface area contributed by atoms with Crippen LogP contribution in [0, 0.1) is 4.91 Å². The minimum absolute atomic E-state index is 0.0863. The van der Waals surface area contributed by atoms with E-state index in [4.69, 9.17) is 11.6 Å². The van der Waals surface area contributed by atoms with E-state index in [1.54, 1.807) is 23.9 Å². The monoisotopic (exact) mass is 460 g/mol. The summed E-state index contributed by atoms with van der Waals surface area (Å²) in [4.78, 5) is 39.7. The summed E-state index contributed by atoms with van der Waals surface area (Å²) >= 11 is 7.67. The Hall–Kier alpha value is -2.98. The number of amides is 4. The number of carbonyl (C=O) groups is 2. The van der Waals surface area contributed by atoms with Gasteiger partial charge in [-0.2, -0.15) is 4.91 Å². The summed E-state index contributed by atoms with van der Waals surface area (Å²) in [6, 6.07) is 11.9. The number of hydrogen-bond acceptors (Lipinski definition) is 7. The highest BCUT2D eigenvalue weighted by Crippen LogP contribution is 2.39. The molecule has 2 aliphatic rings. The average molecular weight is 461 g/mol. The Morgan fingerprint density at radius 2 is 1.94 bits per heavy atom. The molecule has 31 heavy (non-hydrogen) atoms. The number of halogens is 1. The van der Waals surface area contributed by atoms with Gasteiger partial charge in [0.2, 0.25) is 0 Å². The zero-order valence-corrected chi connectivity index (χ0v) is 18.2. The van der Waals surface area contributed by atoms with Crippen LogP contribution in [0.15, 0.2) is 52.5 Å². The minimum Gasteiger partial charge on any atom is -0.372 e. The van der Waals surface area contributed by atoms with Crippen molar-refractivity contribution >= 4 is 46.8 Å². The molecule has 0 saturated carbocycles. The topological polar surface area (TPSA) is 106 Å². The lowest BCUT2D eigenvalue weighted by atomic mass is 10.2. The van der Waals surface area contributed by atoms with Crippen LogP contribution in [-0.4, -0.2) is 46.6 Å². The molecular formula is C20H21ClN6O3S. The van der Waals surface area contributed by atoms with Gasteiger partial charge in [-0.25, -0.2) is 14.5 Å². The molecule has 162 valence electrons. The molecule has 4 rings (SSSR count). The largest absolute Gasteiger partial charge is 0.372 e. The number of nitrogens with zero attached hydrogens (tertiary/aromatic N) is 3. The van der Waals surface area contributed by atoms with Gasteiger partial charge in [0.05, 0.1) is 25.0 Å². The summed E-state index contributed by atoms with van der Waals surface area (Å²) in [5.41, 5.74) is 2.67. The van der Waals surface area contributed by atoms with Crippen LogP contribution in [0.5, 0.6) is 0 Å². The summed E-state index contributed by atoms with van der Waals surface area (Å²) in [6.07, 6.45) is -0.772. The second-order valence-corrected chi connectivity index (χ2v) is 8.97. The maximum Gasteiger partial charge on any atom is 0.331 e. The van der Waals surface area contributed by atoms with E-state index in [9.17, 15) is 14.5 Å². The normalized spacial score (nSPS) is 20.2. The first-order chi connectivity index (χ1) is 14.9. The number of imide groups is 1. The van der Waals surface area contributed by atoms with Crippen molar-refractivity contribution in [1.29, 1.82) is 0 Å². The standard InChI is InChI=1S/C20H21ClN6O3S/c1-12-23-16-7-6-15(10-17(16)31-12)24-18-25-19(28)26(9-8-22-30)20(29)27(18)11-13-2-4-14(21)5-3-13/h2-7,10,12,18,23-24H,8-9,11H2,1H3,(H,25,28). The molecule has 9 nitrogen and oxygen atoms in total. The summed E-state index contributed by atoms with van der Waals surface area (Å²) in [5.74, 6) is 0. The van der Waals surface area contributed by atoms with Crippen LogP contribution in [0.1, 0.15) is 12.5 Å². The molecular weight excluding hydrogens is 440 g/mol. The number of hydrogen-bond donors (Lipinski definition) is 3. The molecule has 2 heterocycles. The van der Waals surface area contributed by atoms with Crippen LogP contribution in [0.2, 0.25) is 5.02 Å².